The number of rotatable bonds is 9. The van der Waals surface area contributed by atoms with Crippen molar-refractivity contribution in [3.8, 4) is 11.8 Å². The second-order valence-corrected chi connectivity index (χ2v) is 10.3. The molecule has 16 nitrogen and oxygen atoms in total. The Balaban J connectivity index is 1.60. The number of aromatic carboxylic acids is 2. The normalized spacial score (nSPS) is 11.5. The van der Waals surface area contributed by atoms with E-state index in [0.717, 1.165) is 12.1 Å². The van der Waals surface area contributed by atoms with Crippen LogP contribution in [0.25, 0.3) is 10.8 Å². The highest BCUT2D eigenvalue weighted by Crippen LogP contribution is 2.42. The number of anilines is 4. The lowest BCUT2D eigenvalue weighted by Gasteiger charge is -2.14. The SMILES string of the molecule is O=C(O)c1ccccc1N=Nc1ccc2cc(S(=O)(=O)O)cc(Nc3nc(O)nc(Nc4ccccc4C(=O)O)n3)c2c1O. The first-order valence-electron chi connectivity index (χ1n) is 12.2. The first-order chi connectivity index (χ1) is 20.9. The van der Waals surface area contributed by atoms with Crippen LogP contribution in [-0.2, 0) is 10.1 Å². The maximum atomic E-state index is 12.0. The fourth-order valence-corrected chi connectivity index (χ4v) is 4.62. The number of aromatic hydroxyl groups is 2. The van der Waals surface area contributed by atoms with Crippen LogP contribution < -0.4 is 10.6 Å². The Labute approximate surface area is 246 Å². The number of hydrogen-bond donors (Lipinski definition) is 7. The van der Waals surface area contributed by atoms with Crippen LogP contribution >= 0.6 is 0 Å². The molecule has 0 saturated heterocycles. The summed E-state index contributed by atoms with van der Waals surface area (Å²) in [6, 6.07) is 15.5. The molecule has 0 amide bonds. The van der Waals surface area contributed by atoms with Crippen molar-refractivity contribution in [2.24, 2.45) is 10.2 Å². The number of nitrogens with zero attached hydrogens (tertiary/aromatic N) is 5. The van der Waals surface area contributed by atoms with Crippen LogP contribution in [0, 0.1) is 0 Å². The Morgan fingerprint density at radius 3 is 1.95 bits per heavy atom. The fraction of sp³-hybridized carbons (Fsp3) is 0. The fourth-order valence-electron chi connectivity index (χ4n) is 4.08. The molecule has 0 spiro atoms. The van der Waals surface area contributed by atoms with Crippen LogP contribution in [0.2, 0.25) is 0 Å². The minimum Gasteiger partial charge on any atom is -0.505 e. The number of benzene rings is 4. The molecule has 0 radical (unpaired) electrons. The maximum absolute atomic E-state index is 12.0. The lowest BCUT2D eigenvalue weighted by atomic mass is 10.1. The molecular weight excluding hydrogens is 598 g/mol. The number of carboxylic acid groups (broad SMARTS) is 2. The monoisotopic (exact) mass is 617 g/mol. The molecule has 17 heteroatoms. The molecule has 0 aliphatic rings. The van der Waals surface area contributed by atoms with Gasteiger partial charge >= 0.3 is 17.9 Å². The molecule has 0 aliphatic carbocycles. The van der Waals surface area contributed by atoms with Crippen molar-refractivity contribution >= 4 is 67.5 Å². The van der Waals surface area contributed by atoms with E-state index in [2.05, 4.69) is 35.8 Å². The third-order valence-corrected chi connectivity index (χ3v) is 6.85. The summed E-state index contributed by atoms with van der Waals surface area (Å²) in [5, 5.41) is 53.4. The van der Waals surface area contributed by atoms with Crippen LogP contribution in [0.5, 0.6) is 11.8 Å². The average molecular weight is 618 g/mol. The van der Waals surface area contributed by atoms with Gasteiger partial charge in [0, 0.05) is 5.39 Å². The third kappa shape index (κ3) is 6.17. The van der Waals surface area contributed by atoms with Crippen molar-refractivity contribution in [2.45, 2.75) is 4.90 Å². The number of carboxylic acids is 2. The average Bonchev–Trinajstić information content (AvgIpc) is 2.96. The van der Waals surface area contributed by atoms with Gasteiger partial charge in [0.05, 0.1) is 27.4 Å². The van der Waals surface area contributed by atoms with Gasteiger partial charge in [0.15, 0.2) is 5.75 Å². The minimum absolute atomic E-state index is 0.00438. The number of fused-ring (bicyclic) bond motifs is 1. The van der Waals surface area contributed by atoms with E-state index in [1.165, 1.54) is 48.5 Å². The van der Waals surface area contributed by atoms with E-state index in [4.69, 9.17) is 0 Å². The van der Waals surface area contributed by atoms with E-state index in [1.54, 1.807) is 12.1 Å². The number of nitrogens with one attached hydrogen (secondary N) is 2. The molecule has 4 aromatic carbocycles. The van der Waals surface area contributed by atoms with E-state index < -0.39 is 38.7 Å². The summed E-state index contributed by atoms with van der Waals surface area (Å²) in [6.45, 7) is 0. The molecule has 5 aromatic rings. The zero-order valence-electron chi connectivity index (χ0n) is 21.9. The molecule has 1 heterocycles. The quantitative estimate of drug-likeness (QED) is 0.0850. The van der Waals surface area contributed by atoms with E-state index >= 15 is 0 Å². The molecule has 0 aliphatic heterocycles. The third-order valence-electron chi connectivity index (χ3n) is 6.01. The van der Waals surface area contributed by atoms with Crippen molar-refractivity contribution in [1.82, 2.24) is 15.0 Å². The largest absolute Gasteiger partial charge is 0.505 e. The second-order valence-electron chi connectivity index (χ2n) is 8.88. The van der Waals surface area contributed by atoms with Crippen LogP contribution in [0.15, 0.2) is 87.9 Å². The number of hydrogen-bond acceptors (Lipinski definition) is 13. The van der Waals surface area contributed by atoms with Gasteiger partial charge in [-0.05, 0) is 47.9 Å². The van der Waals surface area contributed by atoms with Crippen molar-refractivity contribution < 1.29 is 43.0 Å². The van der Waals surface area contributed by atoms with Gasteiger partial charge < -0.3 is 31.1 Å². The summed E-state index contributed by atoms with van der Waals surface area (Å²) < 4.78 is 33.8. The van der Waals surface area contributed by atoms with Crippen molar-refractivity contribution in [3.63, 3.8) is 0 Å². The summed E-state index contributed by atoms with van der Waals surface area (Å²) in [5.74, 6) is -3.67. The standard InChI is InChI=1S/C27H19N7O9S/c35-22-19(34-33-18-8-4-2-6-16(18)24(38)39)10-9-13-11-14(44(41,42)43)12-20(21(13)22)29-26-30-25(31-27(40)32-26)28-17-7-3-1-5-15(17)23(36)37/h1-12,35H,(H,36,37)(H,38,39)(H,41,42,43)(H3,28,29,30,31,32,40). The summed E-state index contributed by atoms with van der Waals surface area (Å²) in [6.07, 6.45) is 0. The number of azo groups is 1. The summed E-state index contributed by atoms with van der Waals surface area (Å²) in [7, 11) is -4.75. The van der Waals surface area contributed by atoms with Gasteiger partial charge in [-0.3, -0.25) is 4.55 Å². The Hall–Kier alpha value is -6.20. The number of para-hydroxylation sites is 1. The van der Waals surface area contributed by atoms with Crippen LogP contribution in [-0.4, -0.2) is 60.3 Å². The molecule has 0 saturated carbocycles. The molecule has 222 valence electrons. The highest BCUT2D eigenvalue weighted by Gasteiger charge is 2.20. The van der Waals surface area contributed by atoms with E-state index in [9.17, 15) is 43.0 Å². The molecule has 0 unspecified atom stereocenters. The highest BCUT2D eigenvalue weighted by atomic mass is 32.2. The van der Waals surface area contributed by atoms with Gasteiger partial charge in [0.1, 0.15) is 11.4 Å². The van der Waals surface area contributed by atoms with Gasteiger partial charge in [0.25, 0.3) is 10.1 Å². The summed E-state index contributed by atoms with van der Waals surface area (Å²) in [5.41, 5.74) is -0.463. The lowest BCUT2D eigenvalue weighted by molar-refractivity contribution is 0.0687. The number of carbonyl (C=O) groups is 2. The van der Waals surface area contributed by atoms with Gasteiger partial charge in [-0.2, -0.15) is 23.4 Å². The molecule has 1 aromatic heterocycles. The molecule has 44 heavy (non-hydrogen) atoms. The van der Waals surface area contributed by atoms with Crippen LogP contribution in [0.3, 0.4) is 0 Å². The maximum Gasteiger partial charge on any atom is 0.337 e. The van der Waals surface area contributed by atoms with E-state index in [-0.39, 0.29) is 56.5 Å². The summed E-state index contributed by atoms with van der Waals surface area (Å²) in [4.78, 5) is 34.1. The van der Waals surface area contributed by atoms with Crippen molar-refractivity contribution in [2.75, 3.05) is 10.6 Å². The zero-order chi connectivity index (χ0) is 31.6. The molecule has 7 N–H and O–H groups in total. The number of phenolic OH excluding ortho intramolecular Hbond substituents is 1. The Morgan fingerprint density at radius 1 is 0.705 bits per heavy atom. The molecule has 5 rings (SSSR count). The van der Waals surface area contributed by atoms with E-state index in [1.807, 2.05) is 0 Å². The zero-order valence-corrected chi connectivity index (χ0v) is 22.8. The minimum atomic E-state index is -4.75. The predicted molar refractivity (Wildman–Crippen MR) is 154 cm³/mol. The van der Waals surface area contributed by atoms with Crippen LogP contribution in [0.1, 0.15) is 20.7 Å². The smallest absolute Gasteiger partial charge is 0.337 e. The number of phenols is 1. The lowest BCUT2D eigenvalue weighted by Crippen LogP contribution is -2.07. The van der Waals surface area contributed by atoms with Gasteiger partial charge in [-0.15, -0.1) is 10.2 Å². The number of aromatic nitrogens is 3. The predicted octanol–water partition coefficient (Wildman–Crippen LogP) is 4.98. The van der Waals surface area contributed by atoms with Crippen molar-refractivity contribution in [1.29, 1.82) is 0 Å². The molecule has 0 fully saturated rings. The highest BCUT2D eigenvalue weighted by molar-refractivity contribution is 7.85. The Kier molecular flexibility index (Phi) is 7.72. The molecule has 0 bridgehead atoms. The van der Waals surface area contributed by atoms with Gasteiger partial charge in [-0.25, -0.2) is 9.59 Å². The van der Waals surface area contributed by atoms with Gasteiger partial charge in [-0.1, -0.05) is 30.3 Å². The van der Waals surface area contributed by atoms with Crippen LogP contribution in [0.4, 0.5) is 34.6 Å². The molecule has 0 atom stereocenters. The summed E-state index contributed by atoms with van der Waals surface area (Å²) >= 11 is 0. The first kappa shape index (κ1) is 29.3. The van der Waals surface area contributed by atoms with E-state index in [0.29, 0.717) is 0 Å². The molecular formula is C27H19N7O9S. The van der Waals surface area contributed by atoms with Crippen molar-refractivity contribution in [3.05, 3.63) is 83.9 Å². The Morgan fingerprint density at radius 2 is 1.30 bits per heavy atom. The Bertz CT molecular complexity index is 2100. The second kappa shape index (κ2) is 11.6. The topological polar surface area (TPSA) is 257 Å². The van der Waals surface area contributed by atoms with Gasteiger partial charge in [0.2, 0.25) is 11.9 Å². The first-order valence-corrected chi connectivity index (χ1v) is 13.7.